The zero-order chi connectivity index (χ0) is 13.1. The van der Waals surface area contributed by atoms with Gasteiger partial charge in [0.25, 0.3) is 0 Å². The molecule has 0 aromatic heterocycles. The predicted octanol–water partition coefficient (Wildman–Crippen LogP) is 3.89. The van der Waals surface area contributed by atoms with Gasteiger partial charge in [-0.25, -0.2) is 0 Å². The Labute approximate surface area is 112 Å². The van der Waals surface area contributed by atoms with Crippen molar-refractivity contribution in [3.63, 3.8) is 0 Å². The monoisotopic (exact) mass is 245 g/mol. The van der Waals surface area contributed by atoms with Crippen molar-refractivity contribution in [1.29, 1.82) is 0 Å². The highest BCUT2D eigenvalue weighted by molar-refractivity contribution is 5.86. The lowest BCUT2D eigenvalue weighted by molar-refractivity contribution is 0.562. The van der Waals surface area contributed by atoms with Crippen LogP contribution in [0, 0.1) is 0 Å². The Balaban J connectivity index is 2.08. The molecule has 0 atom stereocenters. The number of benzene rings is 3. The van der Waals surface area contributed by atoms with Crippen LogP contribution in [0.1, 0.15) is 16.7 Å². The van der Waals surface area contributed by atoms with Crippen molar-refractivity contribution in [1.82, 2.24) is 0 Å². The van der Waals surface area contributed by atoms with Crippen LogP contribution in [0.2, 0.25) is 0 Å². The van der Waals surface area contributed by atoms with Gasteiger partial charge in [0, 0.05) is 5.56 Å². The van der Waals surface area contributed by atoms with Gasteiger partial charge in [0.05, 0.1) is 0 Å². The summed E-state index contributed by atoms with van der Waals surface area (Å²) in [4.78, 5) is 11.0. The van der Waals surface area contributed by atoms with Crippen LogP contribution >= 0.6 is 0 Å². The molecule has 3 aromatic carbocycles. The van der Waals surface area contributed by atoms with Crippen LogP contribution in [-0.2, 0) is 11.2 Å². The second-order valence-electron chi connectivity index (χ2n) is 4.57. The van der Waals surface area contributed by atoms with Gasteiger partial charge in [-0.05, 0) is 28.3 Å². The van der Waals surface area contributed by atoms with E-state index in [2.05, 4.69) is 30.3 Å². The summed E-state index contributed by atoms with van der Waals surface area (Å²) in [6.07, 6.45) is 2.77. The maximum absolute atomic E-state index is 11.0. The molecule has 0 amide bonds. The van der Waals surface area contributed by atoms with Crippen LogP contribution in [0.25, 0.3) is 10.8 Å². The van der Waals surface area contributed by atoms with Crippen molar-refractivity contribution in [2.75, 3.05) is 0 Å². The topological polar surface area (TPSA) is 17.1 Å². The third kappa shape index (κ3) is 2.27. The van der Waals surface area contributed by atoms with E-state index < -0.39 is 0 Å². The lowest BCUT2D eigenvalue weighted by Gasteiger charge is -2.08. The molecule has 0 N–H and O–H groups in total. The molecule has 91 valence electrons. The maximum Gasteiger partial charge on any atom is 0.233 e. The van der Waals surface area contributed by atoms with Gasteiger partial charge < -0.3 is 0 Å². The smallest absolute Gasteiger partial charge is 0.233 e. The Hall–Kier alpha value is -2.41. The average molecular weight is 245 g/mol. The number of hydrogen-bond acceptors (Lipinski definition) is 1. The quantitative estimate of drug-likeness (QED) is 0.684. The Bertz CT molecular complexity index is 723. The summed E-state index contributed by atoms with van der Waals surface area (Å²) in [7, 11) is 0. The van der Waals surface area contributed by atoms with E-state index >= 15 is 0 Å². The van der Waals surface area contributed by atoms with Crippen molar-refractivity contribution >= 4 is 17.1 Å². The van der Waals surface area contributed by atoms with Gasteiger partial charge >= 0.3 is 0 Å². The summed E-state index contributed by atoms with van der Waals surface area (Å²) in [6.45, 7) is 0. The first-order chi connectivity index (χ1) is 9.38. The summed E-state index contributed by atoms with van der Waals surface area (Å²) in [5.74, 6) is 0. The first kappa shape index (κ1) is 11.7. The number of carbonyl (C=O) groups excluding carboxylic acids is 1. The van der Waals surface area contributed by atoms with Crippen LogP contribution < -0.4 is 0 Å². The van der Waals surface area contributed by atoms with Crippen molar-refractivity contribution in [3.8, 4) is 0 Å². The van der Waals surface area contributed by atoms with Crippen molar-refractivity contribution in [2.24, 2.45) is 0 Å². The molecular weight excluding hydrogens is 232 g/mol. The highest BCUT2D eigenvalue weighted by Crippen LogP contribution is 2.22. The zero-order valence-electron chi connectivity index (χ0n) is 10.5. The van der Waals surface area contributed by atoms with E-state index in [1.807, 2.05) is 42.7 Å². The number of fused-ring (bicyclic) bond motifs is 1. The fourth-order valence-electron chi connectivity index (χ4n) is 2.43. The summed E-state index contributed by atoms with van der Waals surface area (Å²) < 4.78 is 0. The van der Waals surface area contributed by atoms with Crippen LogP contribution in [0.3, 0.4) is 0 Å². The Kier molecular flexibility index (Phi) is 3.11. The van der Waals surface area contributed by atoms with Crippen LogP contribution in [-0.4, -0.2) is 6.29 Å². The molecule has 0 aliphatic carbocycles. The molecule has 0 saturated heterocycles. The molecule has 0 heterocycles. The lowest BCUT2D eigenvalue weighted by atomic mass is 9.96. The lowest BCUT2D eigenvalue weighted by Crippen LogP contribution is -1.95. The molecule has 1 nitrogen and oxygen atoms in total. The van der Waals surface area contributed by atoms with Gasteiger partial charge in [-0.3, -0.25) is 4.79 Å². The normalized spacial score (nSPS) is 10.5. The predicted molar refractivity (Wildman–Crippen MR) is 78.0 cm³/mol. The molecular formula is C18H13O. The zero-order valence-corrected chi connectivity index (χ0v) is 10.5. The van der Waals surface area contributed by atoms with E-state index in [4.69, 9.17) is 0 Å². The minimum atomic E-state index is 0.649. The third-order valence-corrected chi connectivity index (χ3v) is 3.39. The largest absolute Gasteiger partial charge is 0.285 e. The van der Waals surface area contributed by atoms with E-state index in [0.717, 1.165) is 12.0 Å². The Morgan fingerprint density at radius 1 is 0.737 bits per heavy atom. The van der Waals surface area contributed by atoms with E-state index in [9.17, 15) is 4.79 Å². The van der Waals surface area contributed by atoms with Gasteiger partial charge in [-0.1, -0.05) is 66.7 Å². The maximum atomic E-state index is 11.0. The van der Waals surface area contributed by atoms with Crippen LogP contribution in [0.4, 0.5) is 0 Å². The molecule has 0 aliphatic rings. The third-order valence-electron chi connectivity index (χ3n) is 3.39. The molecule has 0 unspecified atom stereocenters. The summed E-state index contributed by atoms with van der Waals surface area (Å²) in [5, 5.41) is 2.47. The van der Waals surface area contributed by atoms with E-state index in [1.54, 1.807) is 0 Å². The molecule has 3 rings (SSSR count). The number of rotatable bonds is 3. The van der Waals surface area contributed by atoms with Crippen molar-refractivity contribution < 1.29 is 4.79 Å². The molecule has 19 heavy (non-hydrogen) atoms. The molecule has 1 heteroatoms. The first-order valence-electron chi connectivity index (χ1n) is 6.31. The molecule has 0 fully saturated rings. The molecule has 0 spiro atoms. The van der Waals surface area contributed by atoms with E-state index in [1.165, 1.54) is 16.3 Å². The Morgan fingerprint density at radius 2 is 1.42 bits per heavy atom. The fourth-order valence-corrected chi connectivity index (χ4v) is 2.43. The molecule has 3 aromatic rings. The summed E-state index contributed by atoms with van der Waals surface area (Å²) >= 11 is 0. The van der Waals surface area contributed by atoms with Crippen molar-refractivity contribution in [3.05, 3.63) is 83.4 Å². The summed E-state index contributed by atoms with van der Waals surface area (Å²) in [6, 6.07) is 22.2. The molecule has 0 aliphatic heterocycles. The highest BCUT2D eigenvalue weighted by atomic mass is 16.1. The van der Waals surface area contributed by atoms with Gasteiger partial charge in [-0.2, -0.15) is 0 Å². The first-order valence-corrected chi connectivity index (χ1v) is 6.31. The van der Waals surface area contributed by atoms with E-state index in [0.29, 0.717) is 5.56 Å². The SMILES string of the molecule is O=[C]c1ccccc1Cc1cccc2ccccc12. The van der Waals surface area contributed by atoms with E-state index in [-0.39, 0.29) is 0 Å². The Morgan fingerprint density at radius 3 is 2.32 bits per heavy atom. The van der Waals surface area contributed by atoms with Gasteiger partial charge in [0.1, 0.15) is 0 Å². The van der Waals surface area contributed by atoms with Crippen LogP contribution in [0.5, 0.6) is 0 Å². The second kappa shape index (κ2) is 5.07. The van der Waals surface area contributed by atoms with Crippen molar-refractivity contribution in [2.45, 2.75) is 6.42 Å². The minimum Gasteiger partial charge on any atom is -0.285 e. The van der Waals surface area contributed by atoms with Gasteiger partial charge in [0.2, 0.25) is 6.29 Å². The molecule has 0 saturated carbocycles. The van der Waals surface area contributed by atoms with Gasteiger partial charge in [0.15, 0.2) is 0 Å². The molecule has 1 radical (unpaired) electrons. The van der Waals surface area contributed by atoms with Crippen LogP contribution in [0.15, 0.2) is 66.7 Å². The highest BCUT2D eigenvalue weighted by Gasteiger charge is 2.05. The van der Waals surface area contributed by atoms with Gasteiger partial charge in [-0.15, -0.1) is 0 Å². The molecule has 0 bridgehead atoms. The second-order valence-corrected chi connectivity index (χ2v) is 4.57. The average Bonchev–Trinajstić information content (AvgIpc) is 2.48. The number of hydrogen-bond donors (Lipinski definition) is 0. The summed E-state index contributed by atoms with van der Waals surface area (Å²) in [5.41, 5.74) is 2.91. The standard InChI is InChI=1S/C18H13O/c19-13-17-8-2-1-7-15(17)12-16-10-5-9-14-6-3-4-11-18(14)16/h1-11H,12H2. The minimum absolute atomic E-state index is 0.649. The fraction of sp³-hybridized carbons (Fsp3) is 0.0556.